The summed E-state index contributed by atoms with van der Waals surface area (Å²) in [7, 11) is 0. The number of fused-ring (bicyclic) bond motifs is 1. The fraction of sp³-hybridized carbons (Fsp3) is 0.649. The molecule has 2 heterocycles. The van der Waals surface area contributed by atoms with Crippen molar-refractivity contribution in [1.29, 1.82) is 0 Å². The van der Waals surface area contributed by atoms with E-state index in [0.29, 0.717) is 19.3 Å². The Hall–Kier alpha value is -4.53. The van der Waals surface area contributed by atoms with Crippen LogP contribution in [0.4, 0.5) is 0 Å². The second kappa shape index (κ2) is 19.3. The van der Waals surface area contributed by atoms with Gasteiger partial charge in [-0.05, 0) is 43.1 Å². The smallest absolute Gasteiger partial charge is 0.248 e. The van der Waals surface area contributed by atoms with Crippen molar-refractivity contribution in [2.75, 3.05) is 13.1 Å². The third kappa shape index (κ3) is 11.0. The molecule has 1 aromatic rings. The standard InChI is InChI=1S/C37H57N7O8/c1-8-21(5)29-36(51)43-31(23(7)45)37(52)44-17-13-16-26(44)33(48)41-28(20(3)4)34(49)42-30(22(6)9-2)35(50)39-25(18-24-14-11-10-12-15-24)32(47)38-19-27(46)40-29/h10-12,14-15,20-23,25-26,28-31,45H,8-9,13,16-19H2,1-7H3,(H,38,47)(H,39,50)(H,40,46)(H,41,48)(H,42,49)(H,43,51)/t21-,22-,23+,25-,26-,28-,29-,30-,31-/m0/s1. The number of nitrogens with one attached hydrogen (secondary N) is 6. The number of amides is 7. The number of hydrogen-bond acceptors (Lipinski definition) is 8. The molecule has 2 fully saturated rings. The third-order valence-corrected chi connectivity index (χ3v) is 10.1. The second-order valence-corrected chi connectivity index (χ2v) is 14.4. The van der Waals surface area contributed by atoms with E-state index in [1.54, 1.807) is 52.0 Å². The van der Waals surface area contributed by atoms with E-state index in [-0.39, 0.29) is 25.3 Å². The summed E-state index contributed by atoms with van der Waals surface area (Å²) < 4.78 is 0. The molecule has 3 rings (SSSR count). The lowest BCUT2D eigenvalue weighted by atomic mass is 9.95. The van der Waals surface area contributed by atoms with E-state index >= 15 is 0 Å². The molecule has 0 bridgehead atoms. The Bertz CT molecular complexity index is 1440. The average Bonchev–Trinajstić information content (AvgIpc) is 3.61. The van der Waals surface area contributed by atoms with Gasteiger partial charge in [0.2, 0.25) is 41.4 Å². The van der Waals surface area contributed by atoms with Crippen LogP contribution in [0.15, 0.2) is 30.3 Å². The molecule has 2 saturated heterocycles. The summed E-state index contributed by atoms with van der Waals surface area (Å²) >= 11 is 0. The zero-order chi connectivity index (χ0) is 38.7. The Morgan fingerprint density at radius 3 is 1.81 bits per heavy atom. The van der Waals surface area contributed by atoms with Crippen molar-refractivity contribution in [2.24, 2.45) is 17.8 Å². The van der Waals surface area contributed by atoms with Crippen LogP contribution in [-0.4, -0.2) is 107 Å². The first-order valence-electron chi connectivity index (χ1n) is 18.4. The minimum absolute atomic E-state index is 0.0798. The number of carbonyl (C=O) groups is 7. The number of hydrogen-bond donors (Lipinski definition) is 7. The summed E-state index contributed by atoms with van der Waals surface area (Å²) in [5.74, 6) is -5.77. The number of aliphatic hydroxyl groups is 1. The van der Waals surface area contributed by atoms with Crippen molar-refractivity contribution in [3.63, 3.8) is 0 Å². The molecule has 0 saturated carbocycles. The van der Waals surface area contributed by atoms with Crippen LogP contribution in [0.25, 0.3) is 0 Å². The van der Waals surface area contributed by atoms with Crippen molar-refractivity contribution in [1.82, 2.24) is 36.8 Å². The van der Waals surface area contributed by atoms with Gasteiger partial charge in [0.1, 0.15) is 36.3 Å². The monoisotopic (exact) mass is 727 g/mol. The van der Waals surface area contributed by atoms with Crippen LogP contribution in [0.2, 0.25) is 0 Å². The van der Waals surface area contributed by atoms with E-state index in [0.717, 1.165) is 5.56 Å². The van der Waals surface area contributed by atoms with Gasteiger partial charge < -0.3 is 41.9 Å². The van der Waals surface area contributed by atoms with E-state index in [4.69, 9.17) is 0 Å². The fourth-order valence-electron chi connectivity index (χ4n) is 6.38. The first-order valence-corrected chi connectivity index (χ1v) is 18.4. The Labute approximate surface area is 306 Å². The van der Waals surface area contributed by atoms with Crippen LogP contribution in [-0.2, 0) is 40.0 Å². The molecule has 0 aliphatic carbocycles. The minimum Gasteiger partial charge on any atom is -0.391 e. The first-order chi connectivity index (χ1) is 24.6. The van der Waals surface area contributed by atoms with E-state index in [1.807, 2.05) is 19.9 Å². The third-order valence-electron chi connectivity index (χ3n) is 10.1. The summed E-state index contributed by atoms with van der Waals surface area (Å²) in [6, 6.07) is 2.14. The zero-order valence-electron chi connectivity index (χ0n) is 31.4. The van der Waals surface area contributed by atoms with Crippen molar-refractivity contribution in [3.05, 3.63) is 35.9 Å². The lowest BCUT2D eigenvalue weighted by Crippen LogP contribution is -2.62. The maximum atomic E-state index is 13.9. The van der Waals surface area contributed by atoms with Gasteiger partial charge in [-0.25, -0.2) is 0 Å². The van der Waals surface area contributed by atoms with Gasteiger partial charge in [-0.3, -0.25) is 33.6 Å². The summed E-state index contributed by atoms with van der Waals surface area (Å²) in [4.78, 5) is 97.1. The molecule has 15 nitrogen and oxygen atoms in total. The first kappa shape index (κ1) is 41.9. The van der Waals surface area contributed by atoms with Crippen molar-refractivity contribution in [3.8, 4) is 0 Å². The van der Waals surface area contributed by atoms with Crippen LogP contribution in [0.5, 0.6) is 0 Å². The molecule has 15 heteroatoms. The molecule has 0 aromatic heterocycles. The van der Waals surface area contributed by atoms with E-state index in [2.05, 4.69) is 31.9 Å². The SMILES string of the molecule is CC[C@H](C)[C@@H]1NC(=O)CNC(=O)[C@H](Cc2ccccc2)NC(=O)[C@H]([C@@H](C)CC)NC(=O)[C@H](C(C)C)NC(=O)[C@@H]2CCCN2C(=O)[C@H]([C@@H](C)O)NC1=O. The summed E-state index contributed by atoms with van der Waals surface area (Å²) in [6.07, 6.45) is 0.460. The predicted octanol–water partition coefficient (Wildman–Crippen LogP) is -0.0971. The molecule has 0 radical (unpaired) electrons. The highest BCUT2D eigenvalue weighted by atomic mass is 16.3. The lowest BCUT2D eigenvalue weighted by molar-refractivity contribution is -0.145. The Kier molecular flexibility index (Phi) is 15.6. The largest absolute Gasteiger partial charge is 0.391 e. The Morgan fingerprint density at radius 1 is 0.692 bits per heavy atom. The highest BCUT2D eigenvalue weighted by Crippen LogP contribution is 2.21. The van der Waals surface area contributed by atoms with Gasteiger partial charge in [-0.1, -0.05) is 84.7 Å². The number of benzene rings is 1. The summed E-state index contributed by atoms with van der Waals surface area (Å²) in [6.45, 7) is 11.7. The quantitative estimate of drug-likeness (QED) is 0.192. The van der Waals surface area contributed by atoms with Gasteiger partial charge in [0.15, 0.2) is 0 Å². The molecule has 52 heavy (non-hydrogen) atoms. The average molecular weight is 728 g/mol. The summed E-state index contributed by atoms with van der Waals surface area (Å²) in [5, 5.41) is 26.8. The summed E-state index contributed by atoms with van der Waals surface area (Å²) in [5.41, 5.74) is 0.737. The second-order valence-electron chi connectivity index (χ2n) is 14.4. The van der Waals surface area contributed by atoms with Gasteiger partial charge in [0.05, 0.1) is 12.6 Å². The molecule has 9 atom stereocenters. The lowest BCUT2D eigenvalue weighted by Gasteiger charge is -2.33. The van der Waals surface area contributed by atoms with Gasteiger partial charge in [-0.15, -0.1) is 0 Å². The van der Waals surface area contributed by atoms with Gasteiger partial charge >= 0.3 is 0 Å². The number of carbonyl (C=O) groups excluding carboxylic acids is 7. The maximum Gasteiger partial charge on any atom is 0.248 e. The van der Waals surface area contributed by atoms with E-state index < -0.39 is 102 Å². The highest BCUT2D eigenvalue weighted by Gasteiger charge is 2.42. The molecule has 288 valence electrons. The van der Waals surface area contributed by atoms with Crippen molar-refractivity contribution >= 4 is 41.4 Å². The number of nitrogens with zero attached hydrogens (tertiary/aromatic N) is 1. The van der Waals surface area contributed by atoms with Crippen LogP contribution >= 0.6 is 0 Å². The molecule has 1 aromatic carbocycles. The minimum atomic E-state index is -1.44. The molecular weight excluding hydrogens is 670 g/mol. The van der Waals surface area contributed by atoms with E-state index in [1.165, 1.54) is 11.8 Å². The normalized spacial score (nSPS) is 27.9. The van der Waals surface area contributed by atoms with Gasteiger partial charge in [-0.2, -0.15) is 0 Å². The predicted molar refractivity (Wildman–Crippen MR) is 193 cm³/mol. The molecule has 2 aliphatic rings. The Morgan fingerprint density at radius 2 is 1.23 bits per heavy atom. The van der Waals surface area contributed by atoms with Crippen molar-refractivity contribution in [2.45, 2.75) is 123 Å². The molecule has 7 N–H and O–H groups in total. The number of rotatable bonds is 8. The van der Waals surface area contributed by atoms with Crippen molar-refractivity contribution < 1.29 is 38.7 Å². The highest BCUT2D eigenvalue weighted by molar-refractivity contribution is 5.98. The molecule has 7 amide bonds. The molecule has 0 unspecified atom stereocenters. The van der Waals surface area contributed by atoms with Crippen LogP contribution < -0.4 is 31.9 Å². The number of aliphatic hydroxyl groups excluding tert-OH is 1. The fourth-order valence-corrected chi connectivity index (χ4v) is 6.38. The van der Waals surface area contributed by atoms with Gasteiger partial charge in [0, 0.05) is 13.0 Å². The van der Waals surface area contributed by atoms with Crippen LogP contribution in [0.3, 0.4) is 0 Å². The van der Waals surface area contributed by atoms with E-state index in [9.17, 15) is 38.7 Å². The molecular formula is C37H57N7O8. The molecule has 0 spiro atoms. The zero-order valence-corrected chi connectivity index (χ0v) is 31.4. The van der Waals surface area contributed by atoms with Crippen LogP contribution in [0.1, 0.15) is 79.7 Å². The Balaban J connectivity index is 2.06. The van der Waals surface area contributed by atoms with Gasteiger partial charge in [0.25, 0.3) is 0 Å². The van der Waals surface area contributed by atoms with Crippen LogP contribution in [0, 0.1) is 17.8 Å². The molecule has 2 aliphatic heterocycles. The maximum absolute atomic E-state index is 13.9. The topological polar surface area (TPSA) is 215 Å².